The predicted octanol–water partition coefficient (Wildman–Crippen LogP) is 5.92. The van der Waals surface area contributed by atoms with Crippen LogP contribution in [0.25, 0.3) is 10.8 Å². The number of phenolic OH excluding ortho intramolecular Hbond substituents is 3. The van der Waals surface area contributed by atoms with Crippen LogP contribution in [0.3, 0.4) is 0 Å². The molecule has 0 bridgehead atoms. The first-order valence-electron chi connectivity index (χ1n) is 12.4. The van der Waals surface area contributed by atoms with E-state index in [9.17, 15) is 40.2 Å². The zero-order valence-electron chi connectivity index (χ0n) is 22.1. The minimum Gasteiger partial charge on any atom is -0.511 e. The molecule has 0 fully saturated rings. The van der Waals surface area contributed by atoms with Gasteiger partial charge in [-0.25, -0.2) is 0 Å². The molecule has 0 saturated heterocycles. The van der Waals surface area contributed by atoms with Gasteiger partial charge in [0, 0.05) is 27.7 Å². The number of allylic oxidation sites excluding steroid dienone is 5. The monoisotopic (exact) mass is 520 g/mol. The molecule has 0 amide bonds. The molecule has 0 aromatic heterocycles. The van der Waals surface area contributed by atoms with Gasteiger partial charge in [-0.2, -0.15) is 0 Å². The average molecular weight is 521 g/mol. The Hall–Kier alpha value is -4.20. The van der Waals surface area contributed by atoms with E-state index in [1.807, 2.05) is 13.8 Å². The predicted molar refractivity (Wildman–Crippen MR) is 143 cm³/mol. The van der Waals surface area contributed by atoms with Crippen LogP contribution in [0.1, 0.15) is 63.1 Å². The average Bonchev–Trinajstić information content (AvgIpc) is 2.83. The van der Waals surface area contributed by atoms with Crippen molar-refractivity contribution < 1.29 is 40.2 Å². The summed E-state index contributed by atoms with van der Waals surface area (Å²) in [5.74, 6) is -4.37. The molecule has 38 heavy (non-hydrogen) atoms. The van der Waals surface area contributed by atoms with Crippen molar-refractivity contribution in [1.82, 2.24) is 0 Å². The third kappa shape index (κ3) is 3.43. The number of hydrogen-bond acceptors (Lipinski definition) is 8. The van der Waals surface area contributed by atoms with E-state index < -0.39 is 34.4 Å². The Morgan fingerprint density at radius 1 is 0.842 bits per heavy atom. The summed E-state index contributed by atoms with van der Waals surface area (Å²) >= 11 is 0. The molecule has 0 radical (unpaired) electrons. The van der Waals surface area contributed by atoms with Gasteiger partial charge in [-0.1, -0.05) is 45.4 Å². The minimum absolute atomic E-state index is 0.160. The van der Waals surface area contributed by atoms with Crippen LogP contribution in [0.4, 0.5) is 0 Å². The van der Waals surface area contributed by atoms with Gasteiger partial charge in [-0.15, -0.1) is 0 Å². The van der Waals surface area contributed by atoms with Gasteiger partial charge in [0.1, 0.15) is 24.1 Å². The molecule has 6 N–H and O–H groups in total. The first kappa shape index (κ1) is 26.9. The highest BCUT2D eigenvalue weighted by molar-refractivity contribution is 5.98. The van der Waals surface area contributed by atoms with Crippen LogP contribution in [-0.4, -0.2) is 43.2 Å². The van der Waals surface area contributed by atoms with E-state index in [1.54, 1.807) is 39.8 Å². The van der Waals surface area contributed by atoms with Crippen molar-refractivity contribution >= 4 is 23.3 Å². The molecule has 0 heterocycles. The molecule has 0 spiro atoms. The van der Waals surface area contributed by atoms with Crippen molar-refractivity contribution in [3.8, 4) is 17.2 Å². The summed E-state index contributed by atoms with van der Waals surface area (Å²) in [7, 11) is 0. The molecule has 2 aliphatic carbocycles. The second-order valence-electron chi connectivity index (χ2n) is 10.7. The van der Waals surface area contributed by atoms with Crippen LogP contribution in [-0.2, 0) is 9.59 Å². The Morgan fingerprint density at radius 2 is 1.45 bits per heavy atom. The number of carbonyl (C=O) groups is 2. The SMILES string of the molecule is CC1=CC2=C(C(C)C)C(O)=C(O)C(C=O)(C=O)C2=C(O)C1c1c(C)cc2c(C(C)C)c(O)c(O)cc2c1O. The lowest BCUT2D eigenvalue weighted by Gasteiger charge is -2.38. The van der Waals surface area contributed by atoms with Crippen molar-refractivity contribution in [2.75, 3.05) is 0 Å². The lowest BCUT2D eigenvalue weighted by atomic mass is 9.64. The summed E-state index contributed by atoms with van der Waals surface area (Å²) in [6, 6.07) is 2.99. The molecule has 2 aromatic carbocycles. The lowest BCUT2D eigenvalue weighted by Crippen LogP contribution is -2.38. The third-order valence-electron chi connectivity index (χ3n) is 7.67. The molecule has 8 nitrogen and oxygen atoms in total. The maximum Gasteiger partial charge on any atom is 0.170 e. The zero-order valence-corrected chi connectivity index (χ0v) is 22.1. The second kappa shape index (κ2) is 8.97. The largest absolute Gasteiger partial charge is 0.511 e. The van der Waals surface area contributed by atoms with Gasteiger partial charge in [0.2, 0.25) is 0 Å². The molecular formula is C30H32O8. The van der Waals surface area contributed by atoms with Crippen molar-refractivity contribution in [3.63, 3.8) is 0 Å². The molecule has 200 valence electrons. The van der Waals surface area contributed by atoms with Crippen molar-refractivity contribution in [3.05, 3.63) is 74.5 Å². The van der Waals surface area contributed by atoms with E-state index in [1.165, 1.54) is 6.07 Å². The zero-order chi connectivity index (χ0) is 28.4. The van der Waals surface area contributed by atoms with Crippen molar-refractivity contribution in [2.24, 2.45) is 11.3 Å². The standard InChI is InChI=1S/C30H32O8/c1-12(2)20-16-7-14(5)22(25(34)17(16)9-19(33)26(20)35)23-15(6)8-18-21(13(3)4)28(37)29(38)30(10-31,11-32)24(18)27(23)36/h7-13,23,33-38H,1-6H3. The molecule has 0 aliphatic heterocycles. The van der Waals surface area contributed by atoms with Crippen LogP contribution in [0.15, 0.2) is 57.8 Å². The van der Waals surface area contributed by atoms with Gasteiger partial charge in [0.15, 0.2) is 28.4 Å². The number of phenols is 3. The number of aryl methyl sites for hydroxylation is 1. The number of benzene rings is 2. The van der Waals surface area contributed by atoms with Gasteiger partial charge < -0.3 is 40.2 Å². The number of aldehydes is 2. The maximum absolute atomic E-state index is 12.3. The highest BCUT2D eigenvalue weighted by atomic mass is 16.3. The number of fused-ring (bicyclic) bond motifs is 2. The Morgan fingerprint density at radius 3 is 1.97 bits per heavy atom. The number of aromatic hydroxyl groups is 3. The Balaban J connectivity index is 2.13. The maximum atomic E-state index is 12.3. The highest BCUT2D eigenvalue weighted by Gasteiger charge is 2.51. The molecule has 8 heteroatoms. The van der Waals surface area contributed by atoms with E-state index in [0.29, 0.717) is 22.1 Å². The highest BCUT2D eigenvalue weighted by Crippen LogP contribution is 2.55. The molecule has 1 unspecified atom stereocenters. The summed E-state index contributed by atoms with van der Waals surface area (Å²) in [5.41, 5.74) is -0.168. The summed E-state index contributed by atoms with van der Waals surface area (Å²) in [5, 5.41) is 66.5. The quantitative estimate of drug-likeness (QED) is 0.161. The number of rotatable bonds is 5. The van der Waals surface area contributed by atoms with Gasteiger partial charge in [0.25, 0.3) is 0 Å². The first-order valence-corrected chi connectivity index (χ1v) is 12.4. The number of aliphatic hydroxyl groups excluding tert-OH is 3. The molecule has 1 atom stereocenters. The fourth-order valence-electron chi connectivity index (χ4n) is 5.92. The van der Waals surface area contributed by atoms with Crippen LogP contribution < -0.4 is 0 Å². The first-order chi connectivity index (χ1) is 17.7. The normalized spacial score (nSPS) is 19.4. The van der Waals surface area contributed by atoms with Gasteiger partial charge >= 0.3 is 0 Å². The van der Waals surface area contributed by atoms with Crippen LogP contribution in [0.5, 0.6) is 17.2 Å². The topological polar surface area (TPSA) is 156 Å². The molecule has 2 aromatic rings. The molecular weight excluding hydrogens is 488 g/mol. The van der Waals surface area contributed by atoms with E-state index in [4.69, 9.17) is 0 Å². The number of aliphatic hydroxyl groups is 3. The number of hydrogen-bond donors (Lipinski definition) is 6. The summed E-state index contributed by atoms with van der Waals surface area (Å²) in [4.78, 5) is 24.6. The third-order valence-corrected chi connectivity index (χ3v) is 7.67. The van der Waals surface area contributed by atoms with E-state index >= 15 is 0 Å². The Labute approximate surface area is 220 Å². The summed E-state index contributed by atoms with van der Waals surface area (Å²) in [6.07, 6.45) is 2.00. The molecule has 2 aliphatic rings. The lowest BCUT2D eigenvalue weighted by molar-refractivity contribution is -0.123. The summed E-state index contributed by atoms with van der Waals surface area (Å²) < 4.78 is 0. The minimum atomic E-state index is -2.34. The van der Waals surface area contributed by atoms with Crippen LogP contribution in [0, 0.1) is 18.3 Å². The van der Waals surface area contributed by atoms with Crippen LogP contribution >= 0.6 is 0 Å². The van der Waals surface area contributed by atoms with Crippen LogP contribution in [0.2, 0.25) is 0 Å². The number of carbonyl (C=O) groups excluding carboxylic acids is 2. The van der Waals surface area contributed by atoms with Crippen molar-refractivity contribution in [1.29, 1.82) is 0 Å². The molecule has 0 saturated carbocycles. The summed E-state index contributed by atoms with van der Waals surface area (Å²) in [6.45, 7) is 10.6. The van der Waals surface area contributed by atoms with Crippen molar-refractivity contribution in [2.45, 2.75) is 53.4 Å². The fraction of sp³-hybridized carbons (Fsp3) is 0.333. The Bertz CT molecular complexity index is 1520. The van der Waals surface area contributed by atoms with Gasteiger partial charge in [-0.05, 0) is 48.3 Å². The second-order valence-corrected chi connectivity index (χ2v) is 10.7. The molecule has 4 rings (SSSR count). The van der Waals surface area contributed by atoms with E-state index in [0.717, 1.165) is 0 Å². The van der Waals surface area contributed by atoms with Gasteiger partial charge in [-0.3, -0.25) is 0 Å². The van der Waals surface area contributed by atoms with E-state index in [2.05, 4.69) is 0 Å². The Kier molecular flexibility index (Phi) is 6.34. The van der Waals surface area contributed by atoms with Gasteiger partial charge in [0.05, 0.1) is 5.92 Å². The fourth-order valence-corrected chi connectivity index (χ4v) is 5.92. The smallest absolute Gasteiger partial charge is 0.170 e. The van der Waals surface area contributed by atoms with E-state index in [-0.39, 0.29) is 63.6 Å².